The van der Waals surface area contributed by atoms with Gasteiger partial charge in [0, 0.05) is 17.6 Å². The summed E-state index contributed by atoms with van der Waals surface area (Å²) in [7, 11) is 1.93. The maximum absolute atomic E-state index is 5.74. The second kappa shape index (κ2) is 5.80. The first-order valence-corrected chi connectivity index (χ1v) is 6.38. The minimum atomic E-state index is 0.541. The topological polar surface area (TPSA) is 34.2 Å². The molecule has 0 saturated heterocycles. The number of hydrogen-bond acceptors (Lipinski definition) is 4. The molecular formula is C13H16N2OS. The van der Waals surface area contributed by atoms with Crippen molar-refractivity contribution in [3.05, 3.63) is 45.9 Å². The molecule has 2 rings (SSSR count). The van der Waals surface area contributed by atoms with Crippen LogP contribution in [0.4, 0.5) is 0 Å². The Morgan fingerprint density at radius 3 is 2.94 bits per heavy atom. The molecule has 2 aromatic rings. The molecule has 1 aromatic carbocycles. The van der Waals surface area contributed by atoms with Gasteiger partial charge in [0.1, 0.15) is 17.4 Å². The summed E-state index contributed by atoms with van der Waals surface area (Å²) in [5, 5.41) is 4.12. The first-order valence-electron chi connectivity index (χ1n) is 5.56. The van der Waals surface area contributed by atoms with Gasteiger partial charge in [0.15, 0.2) is 0 Å². The predicted octanol–water partition coefficient (Wildman–Crippen LogP) is 2.75. The molecule has 0 aliphatic heterocycles. The summed E-state index contributed by atoms with van der Waals surface area (Å²) in [4.78, 5) is 5.57. The lowest BCUT2D eigenvalue weighted by Gasteiger charge is -2.06. The third-order valence-corrected chi connectivity index (χ3v) is 3.37. The standard InChI is InChI=1S/C13H16N2OS/c1-10-5-3-4-6-12(10)16-9-13-15-8-11(17-13)7-14-2/h3-6,8,14H,7,9H2,1-2H3. The van der Waals surface area contributed by atoms with E-state index >= 15 is 0 Å². The highest BCUT2D eigenvalue weighted by atomic mass is 32.1. The van der Waals surface area contributed by atoms with E-state index < -0.39 is 0 Å². The molecule has 0 spiro atoms. The first-order chi connectivity index (χ1) is 8.29. The van der Waals surface area contributed by atoms with Crippen molar-refractivity contribution in [1.82, 2.24) is 10.3 Å². The Labute approximate surface area is 105 Å². The molecule has 3 nitrogen and oxygen atoms in total. The van der Waals surface area contributed by atoms with Crippen molar-refractivity contribution in [1.29, 1.82) is 0 Å². The van der Waals surface area contributed by atoms with Crippen LogP contribution in [0, 0.1) is 6.92 Å². The molecule has 0 aliphatic rings. The van der Waals surface area contributed by atoms with Gasteiger partial charge in [-0.25, -0.2) is 4.98 Å². The summed E-state index contributed by atoms with van der Waals surface area (Å²) < 4.78 is 5.74. The van der Waals surface area contributed by atoms with Crippen molar-refractivity contribution < 1.29 is 4.74 Å². The predicted molar refractivity (Wildman–Crippen MR) is 70.4 cm³/mol. The number of nitrogens with zero attached hydrogens (tertiary/aromatic N) is 1. The molecule has 0 radical (unpaired) electrons. The summed E-state index contributed by atoms with van der Waals surface area (Å²) in [6, 6.07) is 8.02. The fraction of sp³-hybridized carbons (Fsp3) is 0.308. The number of para-hydroxylation sites is 1. The quantitative estimate of drug-likeness (QED) is 0.883. The van der Waals surface area contributed by atoms with Crippen LogP contribution in [-0.2, 0) is 13.2 Å². The Kier molecular flexibility index (Phi) is 4.12. The van der Waals surface area contributed by atoms with Crippen LogP contribution in [0.15, 0.2) is 30.5 Å². The van der Waals surface area contributed by atoms with Gasteiger partial charge in [-0.2, -0.15) is 0 Å². The van der Waals surface area contributed by atoms with Gasteiger partial charge < -0.3 is 10.1 Å². The first kappa shape index (κ1) is 12.1. The summed E-state index contributed by atoms with van der Waals surface area (Å²) >= 11 is 1.68. The summed E-state index contributed by atoms with van der Waals surface area (Å²) in [5.74, 6) is 0.929. The van der Waals surface area contributed by atoms with Crippen LogP contribution in [0.5, 0.6) is 5.75 Å². The Hall–Kier alpha value is -1.39. The van der Waals surface area contributed by atoms with E-state index in [2.05, 4.69) is 10.3 Å². The number of hydrogen-bond donors (Lipinski definition) is 1. The van der Waals surface area contributed by atoms with Gasteiger partial charge in [0.25, 0.3) is 0 Å². The summed E-state index contributed by atoms with van der Waals surface area (Å²) in [5.41, 5.74) is 1.15. The lowest BCUT2D eigenvalue weighted by molar-refractivity contribution is 0.303. The van der Waals surface area contributed by atoms with E-state index in [1.807, 2.05) is 44.4 Å². The molecule has 0 unspecified atom stereocenters. The van der Waals surface area contributed by atoms with E-state index in [9.17, 15) is 0 Å². The van der Waals surface area contributed by atoms with Crippen LogP contribution in [0.25, 0.3) is 0 Å². The fourth-order valence-corrected chi connectivity index (χ4v) is 2.38. The van der Waals surface area contributed by atoms with Crippen molar-refractivity contribution in [2.75, 3.05) is 7.05 Å². The highest BCUT2D eigenvalue weighted by Crippen LogP contribution is 2.19. The zero-order valence-corrected chi connectivity index (χ0v) is 10.9. The van der Waals surface area contributed by atoms with Crippen molar-refractivity contribution in [2.24, 2.45) is 0 Å². The Morgan fingerprint density at radius 2 is 2.18 bits per heavy atom. The zero-order valence-electron chi connectivity index (χ0n) is 10.1. The van der Waals surface area contributed by atoms with E-state index in [0.29, 0.717) is 6.61 Å². The largest absolute Gasteiger partial charge is 0.486 e. The molecule has 0 bridgehead atoms. The lowest BCUT2D eigenvalue weighted by Crippen LogP contribution is -2.02. The molecule has 4 heteroatoms. The van der Waals surface area contributed by atoms with E-state index in [-0.39, 0.29) is 0 Å². The number of nitrogens with one attached hydrogen (secondary N) is 1. The van der Waals surface area contributed by atoms with Crippen LogP contribution in [0.2, 0.25) is 0 Å². The van der Waals surface area contributed by atoms with Crippen molar-refractivity contribution in [3.8, 4) is 5.75 Å². The average Bonchev–Trinajstić information content (AvgIpc) is 2.76. The smallest absolute Gasteiger partial charge is 0.140 e. The van der Waals surface area contributed by atoms with Crippen LogP contribution in [0.3, 0.4) is 0 Å². The van der Waals surface area contributed by atoms with Gasteiger partial charge in [-0.3, -0.25) is 0 Å². The fourth-order valence-electron chi connectivity index (χ4n) is 1.53. The van der Waals surface area contributed by atoms with Crippen LogP contribution >= 0.6 is 11.3 Å². The molecule has 1 aromatic heterocycles. The number of aromatic nitrogens is 1. The van der Waals surface area contributed by atoms with Gasteiger partial charge in [-0.05, 0) is 25.6 Å². The molecule has 0 aliphatic carbocycles. The summed E-state index contributed by atoms with van der Waals surface area (Å²) in [6.45, 7) is 3.45. The number of benzene rings is 1. The normalized spacial score (nSPS) is 10.5. The maximum Gasteiger partial charge on any atom is 0.140 e. The molecular weight excluding hydrogens is 232 g/mol. The third-order valence-electron chi connectivity index (χ3n) is 2.40. The Balaban J connectivity index is 1.95. The lowest BCUT2D eigenvalue weighted by atomic mass is 10.2. The molecule has 0 fully saturated rings. The van der Waals surface area contributed by atoms with Crippen LogP contribution in [-0.4, -0.2) is 12.0 Å². The number of aryl methyl sites for hydroxylation is 1. The van der Waals surface area contributed by atoms with E-state index in [1.54, 1.807) is 11.3 Å². The molecule has 90 valence electrons. The monoisotopic (exact) mass is 248 g/mol. The van der Waals surface area contributed by atoms with Gasteiger partial charge >= 0.3 is 0 Å². The Morgan fingerprint density at radius 1 is 1.35 bits per heavy atom. The highest BCUT2D eigenvalue weighted by Gasteiger charge is 2.03. The van der Waals surface area contributed by atoms with Crippen molar-refractivity contribution in [3.63, 3.8) is 0 Å². The number of ether oxygens (including phenoxy) is 1. The minimum Gasteiger partial charge on any atom is -0.486 e. The molecule has 1 N–H and O–H groups in total. The van der Waals surface area contributed by atoms with E-state index in [0.717, 1.165) is 22.9 Å². The van der Waals surface area contributed by atoms with Crippen LogP contribution in [0.1, 0.15) is 15.4 Å². The number of rotatable bonds is 5. The van der Waals surface area contributed by atoms with E-state index in [1.165, 1.54) is 4.88 Å². The average molecular weight is 248 g/mol. The Bertz CT molecular complexity index is 482. The van der Waals surface area contributed by atoms with Gasteiger partial charge in [0.2, 0.25) is 0 Å². The van der Waals surface area contributed by atoms with Gasteiger partial charge in [-0.15, -0.1) is 11.3 Å². The minimum absolute atomic E-state index is 0.541. The zero-order chi connectivity index (χ0) is 12.1. The number of thiazole rings is 1. The highest BCUT2D eigenvalue weighted by molar-refractivity contribution is 7.11. The maximum atomic E-state index is 5.74. The second-order valence-electron chi connectivity index (χ2n) is 3.80. The van der Waals surface area contributed by atoms with Crippen molar-refractivity contribution >= 4 is 11.3 Å². The molecule has 17 heavy (non-hydrogen) atoms. The SMILES string of the molecule is CNCc1cnc(COc2ccccc2C)s1. The van der Waals surface area contributed by atoms with Gasteiger partial charge in [0.05, 0.1) is 0 Å². The second-order valence-corrected chi connectivity index (χ2v) is 5.00. The van der Waals surface area contributed by atoms with Crippen LogP contribution < -0.4 is 10.1 Å². The van der Waals surface area contributed by atoms with E-state index in [4.69, 9.17) is 4.74 Å². The van der Waals surface area contributed by atoms with Gasteiger partial charge in [-0.1, -0.05) is 18.2 Å². The molecule has 0 amide bonds. The third kappa shape index (κ3) is 3.28. The molecule has 1 heterocycles. The van der Waals surface area contributed by atoms with Crippen molar-refractivity contribution in [2.45, 2.75) is 20.1 Å². The molecule has 0 saturated carbocycles. The molecule has 0 atom stereocenters. The summed E-state index contributed by atoms with van der Waals surface area (Å²) in [6.07, 6.45) is 1.90.